The molecule has 142 valence electrons. The van der Waals surface area contributed by atoms with E-state index in [4.69, 9.17) is 9.47 Å². The molecule has 2 aliphatic heterocycles. The third-order valence-corrected chi connectivity index (χ3v) is 5.44. The number of methoxy groups -OCH3 is 1. The molecule has 5 nitrogen and oxygen atoms in total. The third-order valence-electron chi connectivity index (χ3n) is 5.44. The van der Waals surface area contributed by atoms with Crippen molar-refractivity contribution >= 4 is 5.91 Å². The first kappa shape index (κ1) is 17.9. The minimum atomic E-state index is 0.105. The minimum Gasteiger partial charge on any atom is -0.493 e. The lowest BCUT2D eigenvalue weighted by Gasteiger charge is -2.28. The van der Waals surface area contributed by atoms with Crippen LogP contribution in [0.4, 0.5) is 0 Å². The maximum Gasteiger partial charge on any atom is 0.254 e. The normalized spacial score (nSPS) is 19.6. The molecule has 1 amide bonds. The van der Waals surface area contributed by atoms with Crippen molar-refractivity contribution in [2.75, 3.05) is 33.4 Å². The molecule has 5 heteroatoms. The maximum absolute atomic E-state index is 13.4. The Morgan fingerprint density at radius 3 is 2.93 bits per heavy atom. The lowest BCUT2D eigenvalue weighted by atomic mass is 9.92. The van der Waals surface area contributed by atoms with E-state index in [2.05, 4.69) is 11.4 Å². The smallest absolute Gasteiger partial charge is 0.254 e. The van der Waals surface area contributed by atoms with Gasteiger partial charge in [0, 0.05) is 30.8 Å². The van der Waals surface area contributed by atoms with Crippen molar-refractivity contribution in [3.8, 4) is 11.5 Å². The Kier molecular flexibility index (Phi) is 5.30. The first-order valence-electron chi connectivity index (χ1n) is 9.65. The molecule has 1 fully saturated rings. The van der Waals surface area contributed by atoms with Gasteiger partial charge in [-0.2, -0.15) is 0 Å². The van der Waals surface area contributed by atoms with Crippen LogP contribution in [-0.4, -0.2) is 44.2 Å². The summed E-state index contributed by atoms with van der Waals surface area (Å²) in [6.45, 7) is 3.75. The monoisotopic (exact) mass is 366 g/mol. The van der Waals surface area contributed by atoms with Crippen LogP contribution in [0.15, 0.2) is 42.5 Å². The van der Waals surface area contributed by atoms with Crippen LogP contribution in [0, 0.1) is 0 Å². The molecule has 0 saturated carbocycles. The molecule has 0 radical (unpaired) electrons. The van der Waals surface area contributed by atoms with E-state index < -0.39 is 0 Å². The Balaban J connectivity index is 1.64. The first-order valence-corrected chi connectivity index (χ1v) is 9.65. The molecule has 4 rings (SSSR count). The summed E-state index contributed by atoms with van der Waals surface area (Å²) in [5.41, 5.74) is 2.98. The van der Waals surface area contributed by atoms with Crippen molar-refractivity contribution in [3.05, 3.63) is 59.2 Å². The van der Waals surface area contributed by atoms with E-state index in [1.807, 2.05) is 41.3 Å². The fourth-order valence-corrected chi connectivity index (χ4v) is 4.04. The predicted molar refractivity (Wildman–Crippen MR) is 105 cm³/mol. The van der Waals surface area contributed by atoms with Gasteiger partial charge in [-0.3, -0.25) is 4.79 Å². The first-order chi connectivity index (χ1) is 13.3. The molecule has 0 spiro atoms. The number of ether oxygens (including phenoxy) is 2. The number of carbonyl (C=O) groups is 1. The standard InChI is InChI=1S/C22H26N2O3/c1-26-20-9-4-6-17-15-24(12-5-13-27-21(17)20)22(25)19-8-3-2-7-18(19)16-10-11-23-14-16/h2-4,6-9,16,23H,5,10-15H2,1H3. The summed E-state index contributed by atoms with van der Waals surface area (Å²) < 4.78 is 11.4. The number of nitrogens with one attached hydrogen (secondary N) is 1. The zero-order valence-electron chi connectivity index (χ0n) is 15.7. The molecule has 1 atom stereocenters. The van der Waals surface area contributed by atoms with Crippen molar-refractivity contribution in [1.29, 1.82) is 0 Å². The van der Waals surface area contributed by atoms with Crippen LogP contribution in [-0.2, 0) is 6.54 Å². The average Bonchev–Trinajstić information content (AvgIpc) is 3.22. The lowest BCUT2D eigenvalue weighted by molar-refractivity contribution is 0.0719. The van der Waals surface area contributed by atoms with Gasteiger partial charge in [0.05, 0.1) is 13.7 Å². The van der Waals surface area contributed by atoms with Gasteiger partial charge in [0.25, 0.3) is 5.91 Å². The Morgan fingerprint density at radius 2 is 2.11 bits per heavy atom. The van der Waals surface area contributed by atoms with Gasteiger partial charge < -0.3 is 19.7 Å². The summed E-state index contributed by atoms with van der Waals surface area (Å²) in [7, 11) is 1.65. The number of hydrogen-bond donors (Lipinski definition) is 1. The molecule has 27 heavy (non-hydrogen) atoms. The van der Waals surface area contributed by atoms with E-state index in [9.17, 15) is 4.79 Å². The summed E-state index contributed by atoms with van der Waals surface area (Å²) in [5, 5.41) is 3.41. The number of para-hydroxylation sites is 1. The molecule has 1 saturated heterocycles. The Bertz CT molecular complexity index is 815. The van der Waals surface area contributed by atoms with Gasteiger partial charge in [0.15, 0.2) is 11.5 Å². The van der Waals surface area contributed by atoms with Crippen LogP contribution in [0.5, 0.6) is 11.5 Å². The second-order valence-corrected chi connectivity index (χ2v) is 7.15. The van der Waals surface area contributed by atoms with Crippen LogP contribution in [0.3, 0.4) is 0 Å². The van der Waals surface area contributed by atoms with Crippen molar-refractivity contribution in [2.45, 2.75) is 25.3 Å². The quantitative estimate of drug-likeness (QED) is 0.906. The van der Waals surface area contributed by atoms with Gasteiger partial charge in [-0.15, -0.1) is 0 Å². The number of hydrogen-bond acceptors (Lipinski definition) is 4. The number of benzene rings is 2. The molecule has 2 aromatic carbocycles. The molecular weight excluding hydrogens is 340 g/mol. The highest BCUT2D eigenvalue weighted by atomic mass is 16.5. The van der Waals surface area contributed by atoms with Gasteiger partial charge in [0.2, 0.25) is 0 Å². The van der Waals surface area contributed by atoms with Crippen molar-refractivity contribution < 1.29 is 14.3 Å². The minimum absolute atomic E-state index is 0.105. The molecule has 2 aliphatic rings. The van der Waals surface area contributed by atoms with Crippen molar-refractivity contribution in [1.82, 2.24) is 10.2 Å². The van der Waals surface area contributed by atoms with E-state index in [1.54, 1.807) is 7.11 Å². The highest BCUT2D eigenvalue weighted by Crippen LogP contribution is 2.34. The summed E-state index contributed by atoms with van der Waals surface area (Å²) in [5.74, 6) is 1.99. The zero-order chi connectivity index (χ0) is 18.6. The Labute approximate surface area is 160 Å². The second kappa shape index (κ2) is 8.01. The van der Waals surface area contributed by atoms with E-state index >= 15 is 0 Å². The highest BCUT2D eigenvalue weighted by molar-refractivity contribution is 5.96. The van der Waals surface area contributed by atoms with Gasteiger partial charge in [-0.05, 0) is 43.0 Å². The van der Waals surface area contributed by atoms with E-state index in [0.29, 0.717) is 25.6 Å². The predicted octanol–water partition coefficient (Wildman–Crippen LogP) is 3.20. The van der Waals surface area contributed by atoms with Crippen LogP contribution in [0.1, 0.15) is 40.2 Å². The van der Waals surface area contributed by atoms with Crippen LogP contribution >= 0.6 is 0 Å². The topological polar surface area (TPSA) is 50.8 Å². The molecule has 0 bridgehead atoms. The SMILES string of the molecule is COc1cccc2c1OCCCN(C(=O)c1ccccc1C1CCNC1)C2. The summed E-state index contributed by atoms with van der Waals surface area (Å²) in [4.78, 5) is 15.4. The molecular formula is C22H26N2O3. The van der Waals surface area contributed by atoms with Crippen LogP contribution in [0.25, 0.3) is 0 Å². The van der Waals surface area contributed by atoms with Gasteiger partial charge >= 0.3 is 0 Å². The largest absolute Gasteiger partial charge is 0.493 e. The van der Waals surface area contributed by atoms with E-state index in [1.165, 1.54) is 0 Å². The van der Waals surface area contributed by atoms with Gasteiger partial charge in [-0.1, -0.05) is 30.3 Å². The fourth-order valence-electron chi connectivity index (χ4n) is 4.04. The molecule has 2 heterocycles. The van der Waals surface area contributed by atoms with Gasteiger partial charge in [0.1, 0.15) is 0 Å². The zero-order valence-corrected chi connectivity index (χ0v) is 15.7. The fraction of sp³-hybridized carbons (Fsp3) is 0.409. The molecule has 1 unspecified atom stereocenters. The number of rotatable bonds is 3. The van der Waals surface area contributed by atoms with Gasteiger partial charge in [-0.25, -0.2) is 0 Å². The highest BCUT2D eigenvalue weighted by Gasteiger charge is 2.26. The van der Waals surface area contributed by atoms with E-state index in [0.717, 1.165) is 54.1 Å². The molecule has 0 aliphatic carbocycles. The second-order valence-electron chi connectivity index (χ2n) is 7.15. The Hall–Kier alpha value is -2.53. The maximum atomic E-state index is 13.4. The number of nitrogens with zero attached hydrogens (tertiary/aromatic N) is 1. The summed E-state index contributed by atoms with van der Waals surface area (Å²) in [6.07, 6.45) is 1.88. The van der Waals surface area contributed by atoms with Crippen molar-refractivity contribution in [2.24, 2.45) is 0 Å². The molecule has 2 aromatic rings. The number of fused-ring (bicyclic) bond motifs is 1. The molecule has 0 aromatic heterocycles. The van der Waals surface area contributed by atoms with Crippen LogP contribution in [0.2, 0.25) is 0 Å². The Morgan fingerprint density at radius 1 is 1.22 bits per heavy atom. The summed E-state index contributed by atoms with van der Waals surface area (Å²) >= 11 is 0. The summed E-state index contributed by atoms with van der Waals surface area (Å²) in [6, 6.07) is 13.9. The van der Waals surface area contributed by atoms with Crippen molar-refractivity contribution in [3.63, 3.8) is 0 Å². The average molecular weight is 366 g/mol. The van der Waals surface area contributed by atoms with E-state index in [-0.39, 0.29) is 5.91 Å². The third kappa shape index (κ3) is 3.65. The molecule has 1 N–H and O–H groups in total. The van der Waals surface area contributed by atoms with Crippen LogP contribution < -0.4 is 14.8 Å². The number of carbonyl (C=O) groups excluding carboxylic acids is 1. The number of amides is 1. The lowest BCUT2D eigenvalue weighted by Crippen LogP contribution is -2.34.